The zero-order valence-electron chi connectivity index (χ0n) is 10.0. The van der Waals surface area contributed by atoms with E-state index < -0.39 is 0 Å². The summed E-state index contributed by atoms with van der Waals surface area (Å²) in [5, 5.41) is 3.22. The molecule has 0 atom stereocenters. The largest absolute Gasteiger partial charge is 0.370 e. The number of anilines is 1. The molecular weight excluding hydrogens is 298 g/mol. The Hall–Kier alpha value is -0.940. The van der Waals surface area contributed by atoms with Gasteiger partial charge in [0, 0.05) is 27.7 Å². The SMILES string of the molecule is CCNc1cc(C)nc(-c2cc(Br)c(C)s2)n1. The topological polar surface area (TPSA) is 37.8 Å². The van der Waals surface area contributed by atoms with Gasteiger partial charge in [0.2, 0.25) is 0 Å². The molecule has 0 aliphatic heterocycles. The number of nitrogens with one attached hydrogen (secondary N) is 1. The van der Waals surface area contributed by atoms with Crippen LogP contribution in [0.3, 0.4) is 0 Å². The highest BCUT2D eigenvalue weighted by Gasteiger charge is 2.09. The molecule has 0 fully saturated rings. The Morgan fingerprint density at radius 2 is 2.06 bits per heavy atom. The lowest BCUT2D eigenvalue weighted by Crippen LogP contribution is -2.02. The highest BCUT2D eigenvalue weighted by molar-refractivity contribution is 9.10. The fourth-order valence-corrected chi connectivity index (χ4v) is 2.99. The summed E-state index contributed by atoms with van der Waals surface area (Å²) in [6, 6.07) is 4.03. The maximum absolute atomic E-state index is 4.52. The molecule has 2 aromatic rings. The van der Waals surface area contributed by atoms with E-state index in [-0.39, 0.29) is 0 Å². The number of hydrogen-bond acceptors (Lipinski definition) is 4. The van der Waals surface area contributed by atoms with E-state index >= 15 is 0 Å². The molecule has 0 bridgehead atoms. The minimum atomic E-state index is 0.791. The second kappa shape index (κ2) is 5.14. The van der Waals surface area contributed by atoms with Crippen LogP contribution in [-0.4, -0.2) is 16.5 Å². The van der Waals surface area contributed by atoms with Gasteiger partial charge in [-0.05, 0) is 42.8 Å². The molecule has 2 heterocycles. The zero-order chi connectivity index (χ0) is 12.4. The maximum atomic E-state index is 4.52. The lowest BCUT2D eigenvalue weighted by Gasteiger charge is -2.05. The third-order valence-electron chi connectivity index (χ3n) is 2.29. The molecule has 0 radical (unpaired) electrons. The summed E-state index contributed by atoms with van der Waals surface area (Å²) in [7, 11) is 0. The standard InChI is InChI=1S/C12H14BrN3S/c1-4-14-11-5-7(2)15-12(16-11)10-6-9(13)8(3)17-10/h5-6H,4H2,1-3H3,(H,14,15,16). The molecule has 0 saturated heterocycles. The van der Waals surface area contributed by atoms with Crippen molar-refractivity contribution in [2.24, 2.45) is 0 Å². The number of thiophene rings is 1. The summed E-state index contributed by atoms with van der Waals surface area (Å²) in [6.45, 7) is 6.99. The first-order valence-corrected chi connectivity index (χ1v) is 7.07. The molecule has 3 nitrogen and oxygen atoms in total. The molecule has 0 aliphatic rings. The summed E-state index contributed by atoms with van der Waals surface area (Å²) in [5.41, 5.74) is 0.980. The van der Waals surface area contributed by atoms with Crippen LogP contribution in [0.5, 0.6) is 0 Å². The first kappa shape index (κ1) is 12.5. The van der Waals surface area contributed by atoms with Crippen LogP contribution in [0.25, 0.3) is 10.7 Å². The molecule has 0 aromatic carbocycles. The van der Waals surface area contributed by atoms with Gasteiger partial charge in [-0.25, -0.2) is 9.97 Å². The van der Waals surface area contributed by atoms with Crippen LogP contribution >= 0.6 is 27.3 Å². The van der Waals surface area contributed by atoms with Gasteiger partial charge in [0.15, 0.2) is 5.82 Å². The third kappa shape index (κ3) is 2.84. The number of hydrogen-bond donors (Lipinski definition) is 1. The van der Waals surface area contributed by atoms with Gasteiger partial charge in [0.25, 0.3) is 0 Å². The molecule has 90 valence electrons. The molecule has 0 unspecified atom stereocenters. The molecule has 17 heavy (non-hydrogen) atoms. The molecule has 5 heteroatoms. The fourth-order valence-electron chi connectivity index (χ4n) is 1.52. The molecule has 1 N–H and O–H groups in total. The van der Waals surface area contributed by atoms with Crippen molar-refractivity contribution >= 4 is 33.1 Å². The van der Waals surface area contributed by atoms with Gasteiger partial charge in [0.1, 0.15) is 5.82 Å². The average molecular weight is 312 g/mol. The Morgan fingerprint density at radius 1 is 1.29 bits per heavy atom. The number of rotatable bonds is 3. The van der Waals surface area contributed by atoms with E-state index in [0.29, 0.717) is 0 Å². The summed E-state index contributed by atoms with van der Waals surface area (Å²) in [6.07, 6.45) is 0. The van der Waals surface area contributed by atoms with Crippen LogP contribution in [0.1, 0.15) is 17.5 Å². The minimum Gasteiger partial charge on any atom is -0.370 e. The van der Waals surface area contributed by atoms with Crippen LogP contribution < -0.4 is 5.32 Å². The monoisotopic (exact) mass is 311 g/mol. The first-order chi connectivity index (χ1) is 8.10. The van der Waals surface area contributed by atoms with E-state index in [1.807, 2.05) is 13.0 Å². The summed E-state index contributed by atoms with van der Waals surface area (Å²) < 4.78 is 1.12. The molecule has 2 rings (SSSR count). The van der Waals surface area contributed by atoms with Gasteiger partial charge in [-0.15, -0.1) is 11.3 Å². The van der Waals surface area contributed by atoms with Crippen molar-refractivity contribution < 1.29 is 0 Å². The van der Waals surface area contributed by atoms with Crippen molar-refractivity contribution in [3.63, 3.8) is 0 Å². The van der Waals surface area contributed by atoms with Gasteiger partial charge in [0.05, 0.1) is 4.88 Å². The maximum Gasteiger partial charge on any atom is 0.171 e. The quantitative estimate of drug-likeness (QED) is 0.930. The highest BCUT2D eigenvalue weighted by atomic mass is 79.9. The molecule has 0 saturated carbocycles. The lowest BCUT2D eigenvalue weighted by molar-refractivity contribution is 1.08. The van der Waals surface area contributed by atoms with E-state index in [4.69, 9.17) is 0 Å². The predicted octanol–water partition coefficient (Wildman–Crippen LogP) is 4.02. The third-order valence-corrected chi connectivity index (χ3v) is 4.42. The Bertz CT molecular complexity index is 517. The molecule has 2 aromatic heterocycles. The minimum absolute atomic E-state index is 0.791. The zero-order valence-corrected chi connectivity index (χ0v) is 12.4. The van der Waals surface area contributed by atoms with Gasteiger partial charge in [-0.2, -0.15) is 0 Å². The smallest absolute Gasteiger partial charge is 0.171 e. The Balaban J connectivity index is 2.44. The van der Waals surface area contributed by atoms with E-state index in [1.54, 1.807) is 11.3 Å². The summed E-state index contributed by atoms with van der Waals surface area (Å²) in [5.74, 6) is 1.68. The van der Waals surface area contributed by atoms with E-state index in [9.17, 15) is 0 Å². The van der Waals surface area contributed by atoms with E-state index in [0.717, 1.165) is 33.2 Å². The van der Waals surface area contributed by atoms with Crippen molar-refractivity contribution in [3.8, 4) is 10.7 Å². The van der Waals surface area contributed by atoms with E-state index in [1.165, 1.54) is 4.88 Å². The average Bonchev–Trinajstić information content (AvgIpc) is 2.59. The highest BCUT2D eigenvalue weighted by Crippen LogP contribution is 2.32. The van der Waals surface area contributed by atoms with Crippen molar-refractivity contribution in [1.29, 1.82) is 0 Å². The second-order valence-electron chi connectivity index (χ2n) is 3.76. The molecule has 0 amide bonds. The lowest BCUT2D eigenvalue weighted by atomic mass is 10.3. The van der Waals surface area contributed by atoms with Gasteiger partial charge >= 0.3 is 0 Å². The van der Waals surface area contributed by atoms with Crippen LogP contribution in [0.2, 0.25) is 0 Å². The van der Waals surface area contributed by atoms with Gasteiger partial charge in [-0.3, -0.25) is 0 Å². The van der Waals surface area contributed by atoms with Gasteiger partial charge < -0.3 is 5.32 Å². The van der Waals surface area contributed by atoms with Crippen molar-refractivity contribution in [1.82, 2.24) is 9.97 Å². The number of aryl methyl sites for hydroxylation is 2. The summed E-state index contributed by atoms with van der Waals surface area (Å²) >= 11 is 5.22. The van der Waals surface area contributed by atoms with Crippen molar-refractivity contribution in [2.45, 2.75) is 20.8 Å². The van der Waals surface area contributed by atoms with Crippen molar-refractivity contribution in [2.75, 3.05) is 11.9 Å². The summed E-state index contributed by atoms with van der Waals surface area (Å²) in [4.78, 5) is 11.3. The van der Waals surface area contributed by atoms with Crippen molar-refractivity contribution in [3.05, 3.63) is 27.2 Å². The molecule has 0 spiro atoms. The Morgan fingerprint density at radius 3 is 2.65 bits per heavy atom. The second-order valence-corrected chi connectivity index (χ2v) is 5.87. The number of aromatic nitrogens is 2. The Kier molecular flexibility index (Phi) is 3.79. The van der Waals surface area contributed by atoms with Crippen LogP contribution in [0.4, 0.5) is 5.82 Å². The Labute approximate surface area is 113 Å². The van der Waals surface area contributed by atoms with E-state index in [2.05, 4.69) is 51.1 Å². The number of halogens is 1. The van der Waals surface area contributed by atoms with Crippen LogP contribution in [-0.2, 0) is 0 Å². The molecule has 0 aliphatic carbocycles. The predicted molar refractivity (Wildman–Crippen MR) is 76.7 cm³/mol. The fraction of sp³-hybridized carbons (Fsp3) is 0.333. The normalized spacial score (nSPS) is 10.6. The number of nitrogens with zero attached hydrogens (tertiary/aromatic N) is 2. The van der Waals surface area contributed by atoms with Crippen LogP contribution in [0.15, 0.2) is 16.6 Å². The first-order valence-electron chi connectivity index (χ1n) is 5.46. The molecular formula is C12H14BrN3S. The van der Waals surface area contributed by atoms with Crippen LogP contribution in [0, 0.1) is 13.8 Å². The van der Waals surface area contributed by atoms with Gasteiger partial charge in [-0.1, -0.05) is 0 Å².